The maximum absolute atomic E-state index is 5.39. The van der Waals surface area contributed by atoms with Gasteiger partial charge in [0.1, 0.15) is 0 Å². The van der Waals surface area contributed by atoms with E-state index >= 15 is 0 Å². The van der Waals surface area contributed by atoms with Crippen molar-refractivity contribution >= 4 is 7.92 Å². The summed E-state index contributed by atoms with van der Waals surface area (Å²) in [5, 5.41) is 1.38. The molecule has 0 amide bonds. The van der Waals surface area contributed by atoms with Gasteiger partial charge in [0.15, 0.2) is 0 Å². The van der Waals surface area contributed by atoms with Crippen molar-refractivity contribution in [1.29, 1.82) is 0 Å². The number of hydrogen-bond donors (Lipinski definition) is 0. The molecule has 0 aliphatic carbocycles. The Morgan fingerprint density at radius 2 is 1.92 bits per heavy atom. The Morgan fingerprint density at radius 3 is 2.23 bits per heavy atom. The molecule has 0 aromatic rings. The molecule has 0 fully saturated rings. The van der Waals surface area contributed by atoms with Gasteiger partial charge in [-0.3, -0.25) is 0 Å². The van der Waals surface area contributed by atoms with Crippen LogP contribution in [0.15, 0.2) is 22.8 Å². The summed E-state index contributed by atoms with van der Waals surface area (Å²) in [7, 11) is -0.170. The molecule has 0 saturated heterocycles. The predicted octanol–water partition coefficient (Wildman–Crippen LogP) is 4.34. The second-order valence-electron chi connectivity index (χ2n) is 3.34. The molecule has 0 rings (SSSR count). The Kier molecular flexibility index (Phi) is 5.76. The maximum Gasteiger partial charge on any atom is 0.00235 e. The molecule has 0 spiro atoms. The molecule has 0 nitrogen and oxygen atoms in total. The fourth-order valence-corrected chi connectivity index (χ4v) is 3.25. The zero-order valence-corrected chi connectivity index (χ0v) is 10.2. The lowest BCUT2D eigenvalue weighted by Crippen LogP contribution is -1.93. The molecular formula is C12H19P. The minimum Gasteiger partial charge on any atom is -0.115 e. The number of rotatable bonds is 3. The third-order valence-corrected chi connectivity index (χ3v) is 4.85. The van der Waals surface area contributed by atoms with Crippen molar-refractivity contribution < 1.29 is 0 Å². The third kappa shape index (κ3) is 3.79. The molecule has 0 heterocycles. The highest BCUT2D eigenvalue weighted by Gasteiger charge is 2.12. The smallest absolute Gasteiger partial charge is 0.00235 e. The average Bonchev–Trinajstić information content (AvgIpc) is 2.11. The van der Waals surface area contributed by atoms with E-state index in [2.05, 4.69) is 45.5 Å². The van der Waals surface area contributed by atoms with E-state index in [1.54, 1.807) is 0 Å². The molecule has 0 saturated carbocycles. The number of allylic oxidation sites excluding steroid dienone is 3. The minimum absolute atomic E-state index is 0.170. The lowest BCUT2D eigenvalue weighted by atomic mass is 10.3. The van der Waals surface area contributed by atoms with Crippen molar-refractivity contribution in [1.82, 2.24) is 0 Å². The van der Waals surface area contributed by atoms with Crippen LogP contribution in [0.2, 0.25) is 0 Å². The summed E-state index contributed by atoms with van der Waals surface area (Å²) in [5.74, 6) is 5.01. The molecule has 1 heteroatoms. The zero-order chi connectivity index (χ0) is 10.4. The maximum atomic E-state index is 5.39. The van der Waals surface area contributed by atoms with Crippen molar-refractivity contribution in [3.8, 4) is 12.3 Å². The van der Waals surface area contributed by atoms with Gasteiger partial charge < -0.3 is 0 Å². The lowest BCUT2D eigenvalue weighted by Gasteiger charge is -2.19. The van der Waals surface area contributed by atoms with Crippen molar-refractivity contribution in [2.24, 2.45) is 0 Å². The van der Waals surface area contributed by atoms with Crippen LogP contribution in [0.4, 0.5) is 0 Å². The molecular weight excluding hydrogens is 175 g/mol. The Morgan fingerprint density at radius 1 is 1.38 bits per heavy atom. The van der Waals surface area contributed by atoms with Gasteiger partial charge in [-0.1, -0.05) is 39.6 Å². The van der Waals surface area contributed by atoms with E-state index < -0.39 is 0 Å². The van der Waals surface area contributed by atoms with Gasteiger partial charge in [-0.25, -0.2) is 0 Å². The Balaban J connectivity index is 4.88. The fraction of sp³-hybridized carbons (Fsp3) is 0.500. The molecule has 1 atom stereocenters. The van der Waals surface area contributed by atoms with E-state index in [0.29, 0.717) is 5.66 Å². The van der Waals surface area contributed by atoms with Gasteiger partial charge in [0.2, 0.25) is 0 Å². The zero-order valence-electron chi connectivity index (χ0n) is 9.26. The largest absolute Gasteiger partial charge is 0.115 e. The molecule has 0 bridgehead atoms. The highest BCUT2D eigenvalue weighted by atomic mass is 31.1. The van der Waals surface area contributed by atoms with Crippen LogP contribution >= 0.6 is 7.92 Å². The highest BCUT2D eigenvalue weighted by molar-refractivity contribution is 7.65. The van der Waals surface area contributed by atoms with E-state index in [9.17, 15) is 0 Å². The number of terminal acetylenes is 1. The summed E-state index contributed by atoms with van der Waals surface area (Å²) in [6.45, 7) is 10.7. The third-order valence-electron chi connectivity index (χ3n) is 2.01. The van der Waals surface area contributed by atoms with Crippen LogP contribution in [0.1, 0.15) is 34.6 Å². The minimum atomic E-state index is -0.170. The first kappa shape index (κ1) is 12.5. The molecule has 0 aromatic heterocycles. The van der Waals surface area contributed by atoms with Crippen LogP contribution in [-0.4, -0.2) is 5.66 Å². The van der Waals surface area contributed by atoms with Crippen molar-refractivity contribution in [2.45, 2.75) is 40.3 Å². The van der Waals surface area contributed by atoms with Gasteiger partial charge in [0.25, 0.3) is 0 Å². The van der Waals surface area contributed by atoms with Crippen LogP contribution in [0, 0.1) is 12.3 Å². The van der Waals surface area contributed by atoms with Gasteiger partial charge in [-0.15, -0.1) is 6.42 Å². The summed E-state index contributed by atoms with van der Waals surface area (Å²) >= 11 is 0. The first-order valence-electron chi connectivity index (χ1n) is 4.59. The van der Waals surface area contributed by atoms with Crippen LogP contribution in [0.3, 0.4) is 0 Å². The second-order valence-corrected chi connectivity index (χ2v) is 6.15. The molecule has 0 N–H and O–H groups in total. The van der Waals surface area contributed by atoms with Gasteiger partial charge in [0, 0.05) is 5.57 Å². The Labute approximate surface area is 83.9 Å². The van der Waals surface area contributed by atoms with Crippen molar-refractivity contribution in [2.75, 3.05) is 0 Å². The highest BCUT2D eigenvalue weighted by Crippen LogP contribution is 2.51. The SMILES string of the molecule is C#C/C(C)=C(/C)P(/C=C/C)C(C)C. The summed E-state index contributed by atoms with van der Waals surface area (Å²) in [4.78, 5) is 0. The van der Waals surface area contributed by atoms with E-state index in [4.69, 9.17) is 6.42 Å². The van der Waals surface area contributed by atoms with Crippen LogP contribution < -0.4 is 0 Å². The lowest BCUT2D eigenvalue weighted by molar-refractivity contribution is 1.09. The van der Waals surface area contributed by atoms with Crippen molar-refractivity contribution in [3.05, 3.63) is 22.8 Å². The van der Waals surface area contributed by atoms with Gasteiger partial charge >= 0.3 is 0 Å². The summed E-state index contributed by atoms with van der Waals surface area (Å²) in [6, 6.07) is 0. The van der Waals surface area contributed by atoms with Crippen LogP contribution in [0.5, 0.6) is 0 Å². The van der Waals surface area contributed by atoms with Gasteiger partial charge in [-0.05, 0) is 31.7 Å². The molecule has 0 aromatic carbocycles. The average molecular weight is 194 g/mol. The van der Waals surface area contributed by atoms with E-state index in [0.717, 1.165) is 5.57 Å². The summed E-state index contributed by atoms with van der Waals surface area (Å²) < 4.78 is 0. The van der Waals surface area contributed by atoms with Crippen LogP contribution in [0.25, 0.3) is 0 Å². The van der Waals surface area contributed by atoms with E-state index in [-0.39, 0.29) is 7.92 Å². The van der Waals surface area contributed by atoms with Crippen LogP contribution in [-0.2, 0) is 0 Å². The summed E-state index contributed by atoms with van der Waals surface area (Å²) in [5.41, 5.74) is 1.77. The molecule has 72 valence electrons. The van der Waals surface area contributed by atoms with Crippen molar-refractivity contribution in [3.63, 3.8) is 0 Å². The summed E-state index contributed by atoms with van der Waals surface area (Å²) in [6.07, 6.45) is 7.51. The first-order chi connectivity index (χ1) is 6.04. The Hall–Kier alpha value is -0.530. The Bertz CT molecular complexity index is 251. The molecule has 1 unspecified atom stereocenters. The van der Waals surface area contributed by atoms with Gasteiger partial charge in [0.05, 0.1) is 0 Å². The quantitative estimate of drug-likeness (QED) is 0.463. The predicted molar refractivity (Wildman–Crippen MR) is 64.1 cm³/mol. The molecule has 0 aliphatic heterocycles. The fourth-order valence-electron chi connectivity index (χ4n) is 1.13. The van der Waals surface area contributed by atoms with E-state index in [1.807, 2.05) is 6.92 Å². The standard InChI is InChI=1S/C12H19P/c1-7-9-13(10(3)4)12(6)11(5)8-2/h2,7,9-10H,1,3-6H3/b9-7+,12-11-. The number of hydrogen-bond acceptors (Lipinski definition) is 0. The molecule has 0 radical (unpaired) electrons. The normalized spacial score (nSPS) is 15.8. The second kappa shape index (κ2) is 6.01. The topological polar surface area (TPSA) is 0 Å². The van der Waals surface area contributed by atoms with Gasteiger partial charge in [-0.2, -0.15) is 0 Å². The first-order valence-corrected chi connectivity index (χ1v) is 6.07. The monoisotopic (exact) mass is 194 g/mol. The molecule has 13 heavy (non-hydrogen) atoms. The van der Waals surface area contributed by atoms with E-state index in [1.165, 1.54) is 5.31 Å². The molecule has 0 aliphatic rings.